The Morgan fingerprint density at radius 2 is 1.86 bits per heavy atom. The van der Waals surface area contributed by atoms with Crippen LogP contribution in [0.4, 0.5) is 13.2 Å². The first-order chi connectivity index (χ1) is 16.8. The van der Waals surface area contributed by atoms with Crippen molar-refractivity contribution >= 4 is 16.0 Å². The number of hydrogen-bond acceptors (Lipinski definition) is 7. The highest BCUT2D eigenvalue weighted by Crippen LogP contribution is 2.34. The minimum Gasteiger partial charge on any atom is -0.453 e. The lowest BCUT2D eigenvalue weighted by Gasteiger charge is -2.37. The van der Waals surface area contributed by atoms with Crippen LogP contribution in [0.3, 0.4) is 0 Å². The predicted octanol–water partition coefficient (Wildman–Crippen LogP) is 3.93. The van der Waals surface area contributed by atoms with Crippen molar-refractivity contribution in [2.45, 2.75) is 62.2 Å². The van der Waals surface area contributed by atoms with E-state index in [1.807, 2.05) is 6.92 Å². The number of sulfonamides is 1. The molecule has 0 saturated heterocycles. The quantitative estimate of drug-likeness (QED) is 0.469. The van der Waals surface area contributed by atoms with Crippen LogP contribution in [0.5, 0.6) is 0 Å². The van der Waals surface area contributed by atoms with Crippen LogP contribution in [0, 0.1) is 6.92 Å². The van der Waals surface area contributed by atoms with Gasteiger partial charge in [0.2, 0.25) is 10.0 Å². The van der Waals surface area contributed by atoms with Gasteiger partial charge in [-0.3, -0.25) is 9.97 Å². The fourth-order valence-electron chi connectivity index (χ4n) is 4.02. The Kier molecular flexibility index (Phi) is 6.88. The Hall–Kier alpha value is -3.32. The van der Waals surface area contributed by atoms with Crippen molar-refractivity contribution in [3.05, 3.63) is 48.7 Å². The summed E-state index contributed by atoms with van der Waals surface area (Å²) in [5, 5.41) is 0. The number of aromatic amines is 1. The van der Waals surface area contributed by atoms with Gasteiger partial charge in [0.05, 0.1) is 0 Å². The van der Waals surface area contributed by atoms with Crippen LogP contribution in [-0.4, -0.2) is 52.1 Å². The molecule has 36 heavy (non-hydrogen) atoms. The van der Waals surface area contributed by atoms with Crippen LogP contribution in [0.25, 0.3) is 22.6 Å². The Bertz CT molecular complexity index is 1370. The molecule has 3 aromatic heterocycles. The minimum atomic E-state index is -5.08. The van der Waals surface area contributed by atoms with E-state index in [4.69, 9.17) is 0 Å². The minimum absolute atomic E-state index is 0.0518. The summed E-state index contributed by atoms with van der Waals surface area (Å²) in [5.41, 5.74) is 1.41. The number of carbonyl (C=O) groups excluding carboxylic acids is 1. The number of H-pyrrole nitrogens is 1. The number of carbonyl (C=O) groups is 1. The Balaban J connectivity index is 1.45. The maximum Gasteiger partial charge on any atom is 0.490 e. The van der Waals surface area contributed by atoms with Gasteiger partial charge in [-0.25, -0.2) is 22.9 Å². The van der Waals surface area contributed by atoms with Crippen molar-refractivity contribution in [2.75, 3.05) is 0 Å². The Morgan fingerprint density at radius 1 is 1.14 bits per heavy atom. The van der Waals surface area contributed by atoms with E-state index in [2.05, 4.69) is 29.4 Å². The molecule has 192 valence electrons. The highest BCUT2D eigenvalue weighted by molar-refractivity contribution is 7.89. The van der Waals surface area contributed by atoms with Crippen molar-refractivity contribution in [1.29, 1.82) is 0 Å². The molecule has 0 unspecified atom stereocenters. The predicted molar refractivity (Wildman–Crippen MR) is 123 cm³/mol. The van der Waals surface area contributed by atoms with Gasteiger partial charge in [-0.05, 0) is 63.3 Å². The molecule has 1 fully saturated rings. The van der Waals surface area contributed by atoms with Crippen LogP contribution in [0.15, 0.2) is 47.9 Å². The number of esters is 1. The van der Waals surface area contributed by atoms with Crippen LogP contribution >= 0.6 is 0 Å². The summed E-state index contributed by atoms with van der Waals surface area (Å²) < 4.78 is 70.9. The van der Waals surface area contributed by atoms with Gasteiger partial charge < -0.3 is 9.72 Å². The number of alkyl halides is 3. The number of pyridine rings is 2. The molecule has 0 radical (unpaired) electrons. The molecule has 3 aromatic rings. The molecule has 9 nitrogen and oxygen atoms in total. The van der Waals surface area contributed by atoms with Gasteiger partial charge in [0.1, 0.15) is 16.2 Å². The number of halogens is 3. The van der Waals surface area contributed by atoms with Gasteiger partial charge >= 0.3 is 12.1 Å². The monoisotopic (exact) mass is 523 g/mol. The molecule has 0 amide bonds. The van der Waals surface area contributed by atoms with E-state index in [-0.39, 0.29) is 30.6 Å². The first-order valence-electron chi connectivity index (χ1n) is 11.1. The van der Waals surface area contributed by atoms with Gasteiger partial charge in [0.15, 0.2) is 5.82 Å². The zero-order valence-corrected chi connectivity index (χ0v) is 20.3. The zero-order chi connectivity index (χ0) is 26.1. The summed E-state index contributed by atoms with van der Waals surface area (Å²) in [5.74, 6) is -1.66. The van der Waals surface area contributed by atoms with E-state index in [0.717, 1.165) is 5.69 Å². The molecule has 0 aromatic carbocycles. The number of ether oxygens (including phenoxy) is 1. The molecule has 1 aliphatic rings. The second-order valence-electron chi connectivity index (χ2n) is 8.99. The first-order valence-corrected chi connectivity index (χ1v) is 12.6. The van der Waals surface area contributed by atoms with Crippen LogP contribution in [0.2, 0.25) is 0 Å². The lowest BCUT2D eigenvalue weighted by atomic mass is 9.84. The smallest absolute Gasteiger partial charge is 0.453 e. The highest BCUT2D eigenvalue weighted by atomic mass is 32.2. The van der Waals surface area contributed by atoms with Gasteiger partial charge in [-0.15, -0.1) is 0 Å². The SMILES string of the molecule is Cc1cnc(-c2cc(-c3cncc(S(=O)(=O)NC4CCC(C)(OC(=O)C(F)(F)F)CC4)c3)ccn2)[nH]1. The van der Waals surface area contributed by atoms with Gasteiger partial charge in [0, 0.05) is 42.1 Å². The molecule has 0 atom stereocenters. The average Bonchev–Trinajstić information content (AvgIpc) is 3.26. The number of aromatic nitrogens is 4. The maximum atomic E-state index is 13.0. The zero-order valence-electron chi connectivity index (χ0n) is 19.5. The lowest BCUT2D eigenvalue weighted by Crippen LogP contribution is -2.45. The van der Waals surface area contributed by atoms with Crippen molar-refractivity contribution < 1.29 is 31.1 Å². The molecule has 1 saturated carbocycles. The lowest BCUT2D eigenvalue weighted by molar-refractivity contribution is -0.215. The summed E-state index contributed by atoms with van der Waals surface area (Å²) in [6.45, 7) is 3.29. The molecule has 13 heteroatoms. The van der Waals surface area contributed by atoms with E-state index in [1.54, 1.807) is 24.5 Å². The number of rotatable bonds is 6. The Labute approximate surface area is 205 Å². The largest absolute Gasteiger partial charge is 0.490 e. The molecule has 0 aliphatic heterocycles. The van der Waals surface area contributed by atoms with Gasteiger partial charge in [0.25, 0.3) is 0 Å². The fourth-order valence-corrected chi connectivity index (χ4v) is 5.32. The van der Waals surface area contributed by atoms with E-state index in [1.165, 1.54) is 25.4 Å². The van der Waals surface area contributed by atoms with E-state index < -0.39 is 33.8 Å². The molecular formula is C23H24F3N5O4S. The number of nitrogens with zero attached hydrogens (tertiary/aromatic N) is 3. The van der Waals surface area contributed by atoms with Crippen LogP contribution < -0.4 is 4.72 Å². The van der Waals surface area contributed by atoms with Crippen molar-refractivity contribution in [3.8, 4) is 22.6 Å². The first kappa shape index (κ1) is 25.8. The van der Waals surface area contributed by atoms with Crippen molar-refractivity contribution in [3.63, 3.8) is 0 Å². The average molecular weight is 524 g/mol. The number of hydrogen-bond donors (Lipinski definition) is 2. The van der Waals surface area contributed by atoms with Gasteiger partial charge in [-0.2, -0.15) is 13.2 Å². The highest BCUT2D eigenvalue weighted by Gasteiger charge is 2.46. The summed E-state index contributed by atoms with van der Waals surface area (Å²) in [4.78, 5) is 26.9. The second-order valence-corrected chi connectivity index (χ2v) is 10.7. The number of imidazole rings is 1. The molecule has 1 aliphatic carbocycles. The molecule has 0 spiro atoms. The van der Waals surface area contributed by atoms with Crippen molar-refractivity contribution in [2.24, 2.45) is 0 Å². The molecule has 0 bridgehead atoms. The standard InChI is InChI=1S/C23H24F3N5O4S/c1-14-11-29-20(30-14)19-10-15(5-8-28-19)16-9-18(13-27-12-16)36(33,34)31-17-3-6-22(2,7-4-17)35-21(32)23(24,25)26/h5,8-13,17,31H,3-4,6-7H2,1-2H3,(H,29,30). The molecule has 2 N–H and O–H groups in total. The summed E-state index contributed by atoms with van der Waals surface area (Å²) >= 11 is 0. The Morgan fingerprint density at radius 3 is 2.50 bits per heavy atom. The topological polar surface area (TPSA) is 127 Å². The molecular weight excluding hydrogens is 499 g/mol. The molecule has 3 heterocycles. The summed E-state index contributed by atoms with van der Waals surface area (Å²) in [6.07, 6.45) is 1.55. The van der Waals surface area contributed by atoms with Crippen LogP contribution in [-0.2, 0) is 19.6 Å². The van der Waals surface area contributed by atoms with E-state index in [9.17, 15) is 26.4 Å². The summed E-state index contributed by atoms with van der Waals surface area (Å²) in [7, 11) is -3.97. The summed E-state index contributed by atoms with van der Waals surface area (Å²) in [6, 6.07) is 4.46. The fraction of sp³-hybridized carbons (Fsp3) is 0.391. The second kappa shape index (κ2) is 9.62. The van der Waals surface area contributed by atoms with E-state index in [0.29, 0.717) is 22.6 Å². The van der Waals surface area contributed by atoms with Crippen molar-refractivity contribution in [1.82, 2.24) is 24.7 Å². The number of nitrogens with one attached hydrogen (secondary N) is 2. The normalized spacial score (nSPS) is 20.8. The third kappa shape index (κ3) is 5.90. The van der Waals surface area contributed by atoms with Gasteiger partial charge in [-0.1, -0.05) is 0 Å². The number of aryl methyl sites for hydroxylation is 1. The maximum absolute atomic E-state index is 13.0. The van der Waals surface area contributed by atoms with Crippen LogP contribution in [0.1, 0.15) is 38.3 Å². The molecule has 4 rings (SSSR count). The van der Waals surface area contributed by atoms with E-state index >= 15 is 0 Å². The third-order valence-electron chi connectivity index (χ3n) is 6.00. The third-order valence-corrected chi connectivity index (χ3v) is 7.49.